The highest BCUT2D eigenvalue weighted by Crippen LogP contribution is 1.97. The van der Waals surface area contributed by atoms with Crippen LogP contribution in [0, 0.1) is 6.92 Å². The average Bonchev–Trinajstić information content (AvgIpc) is 2.03. The second-order valence-electron chi connectivity index (χ2n) is 2.72. The molecular formula is C9H13N3O. The van der Waals surface area contributed by atoms with Crippen LogP contribution in [-0.2, 0) is 0 Å². The van der Waals surface area contributed by atoms with E-state index in [4.69, 9.17) is 0 Å². The molecule has 0 saturated carbocycles. The molecule has 0 bridgehead atoms. The third kappa shape index (κ3) is 3.11. The molecule has 70 valence electrons. The number of aromatic amines is 1. The lowest BCUT2D eigenvalue weighted by molar-refractivity contribution is 0.986. The zero-order valence-electron chi connectivity index (χ0n) is 7.63. The molecule has 2 N–H and O–H groups in total. The van der Waals surface area contributed by atoms with Gasteiger partial charge in [-0.25, -0.2) is 4.98 Å². The van der Waals surface area contributed by atoms with Crippen molar-refractivity contribution in [2.24, 2.45) is 0 Å². The molecule has 0 aliphatic heterocycles. The summed E-state index contributed by atoms with van der Waals surface area (Å²) < 4.78 is 0. The minimum Gasteiger partial charge on any atom is -0.370 e. The summed E-state index contributed by atoms with van der Waals surface area (Å²) in [7, 11) is 0. The maximum absolute atomic E-state index is 11.0. The normalized spacial score (nSPS) is 9.62. The lowest BCUT2D eigenvalue weighted by atomic mass is 10.4. The molecule has 1 aromatic rings. The standard InChI is InChI=1S/C9H13N3O/c1-3-4-5-10-8-6-9(13)12-7(2)11-8/h3,6H,1,4-5H2,2H3,(H2,10,11,12,13). The Hall–Kier alpha value is -1.58. The Morgan fingerprint density at radius 3 is 3.15 bits per heavy atom. The maximum Gasteiger partial charge on any atom is 0.252 e. The lowest BCUT2D eigenvalue weighted by Crippen LogP contribution is -2.12. The van der Waals surface area contributed by atoms with Crippen molar-refractivity contribution in [3.8, 4) is 0 Å². The SMILES string of the molecule is C=CCCNc1cc(=O)[nH]c(C)n1. The Labute approximate surface area is 76.7 Å². The van der Waals surface area contributed by atoms with Gasteiger partial charge in [-0.2, -0.15) is 0 Å². The van der Waals surface area contributed by atoms with Crippen LogP contribution in [0.3, 0.4) is 0 Å². The van der Waals surface area contributed by atoms with E-state index in [0.717, 1.165) is 13.0 Å². The van der Waals surface area contributed by atoms with Crippen LogP contribution in [0.2, 0.25) is 0 Å². The quantitative estimate of drug-likeness (QED) is 0.537. The summed E-state index contributed by atoms with van der Waals surface area (Å²) in [4.78, 5) is 17.7. The van der Waals surface area contributed by atoms with Gasteiger partial charge in [-0.3, -0.25) is 4.79 Å². The minimum atomic E-state index is -0.131. The smallest absolute Gasteiger partial charge is 0.252 e. The molecule has 0 spiro atoms. The zero-order chi connectivity index (χ0) is 9.68. The van der Waals surface area contributed by atoms with Gasteiger partial charge in [0.1, 0.15) is 11.6 Å². The Bertz CT molecular complexity index is 343. The van der Waals surface area contributed by atoms with Gasteiger partial charge in [0.05, 0.1) is 0 Å². The molecule has 0 radical (unpaired) electrons. The molecule has 0 unspecified atom stereocenters. The fourth-order valence-electron chi connectivity index (χ4n) is 0.972. The van der Waals surface area contributed by atoms with Crippen molar-refractivity contribution in [3.05, 3.63) is 34.9 Å². The van der Waals surface area contributed by atoms with E-state index in [0.29, 0.717) is 11.6 Å². The van der Waals surface area contributed by atoms with Crippen LogP contribution < -0.4 is 10.9 Å². The highest BCUT2D eigenvalue weighted by molar-refractivity contribution is 5.32. The van der Waals surface area contributed by atoms with Crippen molar-refractivity contribution >= 4 is 5.82 Å². The van der Waals surface area contributed by atoms with E-state index in [1.54, 1.807) is 6.92 Å². The first kappa shape index (κ1) is 9.51. The predicted molar refractivity (Wildman–Crippen MR) is 52.9 cm³/mol. The average molecular weight is 179 g/mol. The van der Waals surface area contributed by atoms with Gasteiger partial charge in [0.15, 0.2) is 0 Å². The first-order chi connectivity index (χ1) is 6.22. The van der Waals surface area contributed by atoms with E-state index in [1.807, 2.05) is 6.08 Å². The number of rotatable bonds is 4. The summed E-state index contributed by atoms with van der Waals surface area (Å²) in [6, 6.07) is 1.44. The van der Waals surface area contributed by atoms with E-state index >= 15 is 0 Å². The molecule has 0 amide bonds. The topological polar surface area (TPSA) is 57.8 Å². The number of aromatic nitrogens is 2. The van der Waals surface area contributed by atoms with Gasteiger partial charge in [-0.1, -0.05) is 6.08 Å². The van der Waals surface area contributed by atoms with Crippen molar-refractivity contribution < 1.29 is 0 Å². The summed E-state index contributed by atoms with van der Waals surface area (Å²) in [5.74, 6) is 1.23. The van der Waals surface area contributed by atoms with E-state index in [-0.39, 0.29) is 5.56 Å². The molecule has 1 aromatic heterocycles. The Balaban J connectivity index is 2.66. The van der Waals surface area contributed by atoms with E-state index in [9.17, 15) is 4.79 Å². The summed E-state index contributed by atoms with van der Waals surface area (Å²) in [5, 5.41) is 3.02. The second kappa shape index (κ2) is 4.45. The lowest BCUT2D eigenvalue weighted by Gasteiger charge is -2.02. The van der Waals surface area contributed by atoms with Crippen molar-refractivity contribution in [2.75, 3.05) is 11.9 Å². The summed E-state index contributed by atoms with van der Waals surface area (Å²) in [6.45, 7) is 6.10. The van der Waals surface area contributed by atoms with Gasteiger partial charge in [-0.15, -0.1) is 6.58 Å². The van der Waals surface area contributed by atoms with Crippen LogP contribution >= 0.6 is 0 Å². The molecule has 4 nitrogen and oxygen atoms in total. The number of nitrogens with zero attached hydrogens (tertiary/aromatic N) is 1. The van der Waals surface area contributed by atoms with Gasteiger partial charge in [0.25, 0.3) is 5.56 Å². The van der Waals surface area contributed by atoms with Crippen LogP contribution in [0.5, 0.6) is 0 Å². The molecule has 1 heterocycles. The van der Waals surface area contributed by atoms with Crippen molar-refractivity contribution in [1.82, 2.24) is 9.97 Å². The molecule has 0 aromatic carbocycles. The van der Waals surface area contributed by atoms with E-state index < -0.39 is 0 Å². The second-order valence-corrected chi connectivity index (χ2v) is 2.72. The molecule has 0 saturated heterocycles. The van der Waals surface area contributed by atoms with E-state index in [2.05, 4.69) is 21.9 Å². The van der Waals surface area contributed by atoms with Gasteiger partial charge in [0.2, 0.25) is 0 Å². The summed E-state index contributed by atoms with van der Waals surface area (Å²) in [5.41, 5.74) is -0.131. The number of H-pyrrole nitrogens is 1. The third-order valence-corrected chi connectivity index (χ3v) is 1.51. The van der Waals surface area contributed by atoms with Crippen LogP contribution in [0.4, 0.5) is 5.82 Å². The van der Waals surface area contributed by atoms with Gasteiger partial charge >= 0.3 is 0 Å². The number of hydrogen-bond acceptors (Lipinski definition) is 3. The molecule has 0 fully saturated rings. The molecule has 1 rings (SSSR count). The fraction of sp³-hybridized carbons (Fsp3) is 0.333. The largest absolute Gasteiger partial charge is 0.370 e. The first-order valence-electron chi connectivity index (χ1n) is 4.15. The molecule has 0 atom stereocenters. The Kier molecular flexibility index (Phi) is 3.25. The van der Waals surface area contributed by atoms with Crippen LogP contribution in [0.1, 0.15) is 12.2 Å². The monoisotopic (exact) mass is 179 g/mol. The van der Waals surface area contributed by atoms with Crippen LogP contribution in [0.25, 0.3) is 0 Å². The number of nitrogens with one attached hydrogen (secondary N) is 2. The Morgan fingerprint density at radius 2 is 2.54 bits per heavy atom. The number of hydrogen-bond donors (Lipinski definition) is 2. The predicted octanol–water partition coefficient (Wildman–Crippen LogP) is 1.07. The number of aryl methyl sites for hydroxylation is 1. The molecule has 0 aliphatic rings. The van der Waals surface area contributed by atoms with Crippen molar-refractivity contribution in [1.29, 1.82) is 0 Å². The van der Waals surface area contributed by atoms with Gasteiger partial charge in [0, 0.05) is 12.6 Å². The maximum atomic E-state index is 11.0. The molecular weight excluding hydrogens is 166 g/mol. The van der Waals surface area contributed by atoms with Gasteiger partial charge in [-0.05, 0) is 13.3 Å². The zero-order valence-corrected chi connectivity index (χ0v) is 7.63. The summed E-state index contributed by atoms with van der Waals surface area (Å²) >= 11 is 0. The fourth-order valence-corrected chi connectivity index (χ4v) is 0.972. The van der Waals surface area contributed by atoms with Crippen molar-refractivity contribution in [3.63, 3.8) is 0 Å². The van der Waals surface area contributed by atoms with Crippen molar-refractivity contribution in [2.45, 2.75) is 13.3 Å². The summed E-state index contributed by atoms with van der Waals surface area (Å²) in [6.07, 6.45) is 2.67. The third-order valence-electron chi connectivity index (χ3n) is 1.51. The van der Waals surface area contributed by atoms with Crippen LogP contribution in [-0.4, -0.2) is 16.5 Å². The highest BCUT2D eigenvalue weighted by atomic mass is 16.1. The highest BCUT2D eigenvalue weighted by Gasteiger charge is 1.95. The molecule has 0 aliphatic carbocycles. The first-order valence-corrected chi connectivity index (χ1v) is 4.15. The van der Waals surface area contributed by atoms with Crippen LogP contribution in [0.15, 0.2) is 23.5 Å². The van der Waals surface area contributed by atoms with E-state index in [1.165, 1.54) is 6.07 Å². The molecule has 13 heavy (non-hydrogen) atoms. The Morgan fingerprint density at radius 1 is 1.77 bits per heavy atom. The van der Waals surface area contributed by atoms with Gasteiger partial charge < -0.3 is 10.3 Å². The minimum absolute atomic E-state index is 0.131. The number of anilines is 1. The molecule has 4 heteroatoms.